The molecule has 1 unspecified atom stereocenters. The molecule has 1 heterocycles. The maximum atomic E-state index is 5.91. The molecule has 21 heavy (non-hydrogen) atoms. The number of rotatable bonds is 6. The fraction of sp³-hybridized carbons (Fsp3) is 0.471. The van der Waals surface area contributed by atoms with E-state index in [-0.39, 0.29) is 6.04 Å². The number of benzene rings is 1. The van der Waals surface area contributed by atoms with Crippen LogP contribution in [0.3, 0.4) is 0 Å². The van der Waals surface area contributed by atoms with Crippen LogP contribution in [0.1, 0.15) is 42.8 Å². The van der Waals surface area contributed by atoms with Crippen LogP contribution in [0.25, 0.3) is 0 Å². The van der Waals surface area contributed by atoms with Gasteiger partial charge >= 0.3 is 0 Å². The van der Waals surface area contributed by atoms with Crippen molar-refractivity contribution in [2.24, 2.45) is 0 Å². The molecule has 112 valence electrons. The molecule has 2 aromatic rings. The number of aromatic nitrogens is 2. The Labute approximate surface area is 126 Å². The van der Waals surface area contributed by atoms with Gasteiger partial charge < -0.3 is 10.1 Å². The minimum atomic E-state index is 0.133. The quantitative estimate of drug-likeness (QED) is 0.886. The molecular weight excluding hydrogens is 262 g/mol. The normalized spacial score (nSPS) is 16.0. The summed E-state index contributed by atoms with van der Waals surface area (Å²) < 4.78 is 7.97. The van der Waals surface area contributed by atoms with Gasteiger partial charge in [0, 0.05) is 6.54 Å². The van der Waals surface area contributed by atoms with Crippen LogP contribution in [0, 0.1) is 6.92 Å². The van der Waals surface area contributed by atoms with Gasteiger partial charge in [-0.2, -0.15) is 5.10 Å². The number of hydrogen-bond acceptors (Lipinski definition) is 3. The SMILES string of the molecule is CCn1nc(C)cc1C(NC)c1cccc(OC2CC2)c1. The zero-order valence-electron chi connectivity index (χ0n) is 13.0. The smallest absolute Gasteiger partial charge is 0.120 e. The van der Waals surface area contributed by atoms with Crippen LogP contribution in [0.5, 0.6) is 5.75 Å². The number of aryl methyl sites for hydroxylation is 2. The summed E-state index contributed by atoms with van der Waals surface area (Å²) in [5, 5.41) is 7.95. The van der Waals surface area contributed by atoms with Crippen LogP contribution in [0.15, 0.2) is 30.3 Å². The van der Waals surface area contributed by atoms with Crippen molar-refractivity contribution in [1.29, 1.82) is 0 Å². The van der Waals surface area contributed by atoms with Crippen molar-refractivity contribution in [2.45, 2.75) is 45.4 Å². The van der Waals surface area contributed by atoms with Gasteiger partial charge in [-0.3, -0.25) is 4.68 Å². The minimum absolute atomic E-state index is 0.133. The predicted molar refractivity (Wildman–Crippen MR) is 83.6 cm³/mol. The van der Waals surface area contributed by atoms with E-state index in [4.69, 9.17) is 4.74 Å². The third kappa shape index (κ3) is 3.10. The highest BCUT2D eigenvalue weighted by Crippen LogP contribution is 2.30. The van der Waals surface area contributed by atoms with Crippen molar-refractivity contribution in [1.82, 2.24) is 15.1 Å². The van der Waals surface area contributed by atoms with Gasteiger partial charge in [0.1, 0.15) is 5.75 Å². The lowest BCUT2D eigenvalue weighted by Gasteiger charge is -2.19. The number of nitrogens with zero attached hydrogens (tertiary/aromatic N) is 2. The van der Waals surface area contributed by atoms with Crippen molar-refractivity contribution < 1.29 is 4.74 Å². The molecular formula is C17H23N3O. The molecule has 0 radical (unpaired) electrons. The molecule has 1 aliphatic rings. The molecule has 1 saturated carbocycles. The van der Waals surface area contributed by atoms with Gasteiger partial charge in [-0.25, -0.2) is 0 Å². The van der Waals surface area contributed by atoms with Gasteiger partial charge in [-0.15, -0.1) is 0 Å². The third-order valence-corrected chi connectivity index (χ3v) is 3.84. The summed E-state index contributed by atoms with van der Waals surface area (Å²) in [7, 11) is 1.99. The van der Waals surface area contributed by atoms with Gasteiger partial charge in [-0.1, -0.05) is 12.1 Å². The topological polar surface area (TPSA) is 39.1 Å². The average molecular weight is 285 g/mol. The molecule has 4 heteroatoms. The first-order chi connectivity index (χ1) is 10.2. The first-order valence-electron chi connectivity index (χ1n) is 7.69. The molecule has 3 rings (SSSR count). The first-order valence-corrected chi connectivity index (χ1v) is 7.69. The van der Waals surface area contributed by atoms with Crippen molar-refractivity contribution in [2.75, 3.05) is 7.05 Å². The van der Waals surface area contributed by atoms with Crippen molar-refractivity contribution in [3.8, 4) is 5.75 Å². The Hall–Kier alpha value is -1.81. The second-order valence-corrected chi connectivity index (χ2v) is 5.64. The fourth-order valence-electron chi connectivity index (χ4n) is 2.68. The second kappa shape index (κ2) is 5.90. The summed E-state index contributed by atoms with van der Waals surface area (Å²) in [6.07, 6.45) is 2.79. The molecule has 0 amide bonds. The van der Waals surface area contributed by atoms with Crippen LogP contribution in [0.2, 0.25) is 0 Å². The molecule has 1 aromatic carbocycles. The fourth-order valence-corrected chi connectivity index (χ4v) is 2.68. The van der Waals surface area contributed by atoms with E-state index in [2.05, 4.69) is 46.3 Å². The summed E-state index contributed by atoms with van der Waals surface area (Å²) in [5.74, 6) is 0.967. The molecule has 1 atom stereocenters. The van der Waals surface area contributed by atoms with Crippen LogP contribution in [0.4, 0.5) is 0 Å². The Morgan fingerprint density at radius 2 is 2.19 bits per heavy atom. The summed E-state index contributed by atoms with van der Waals surface area (Å²) in [5.41, 5.74) is 3.46. The van der Waals surface area contributed by atoms with Crippen LogP contribution >= 0.6 is 0 Å². The zero-order chi connectivity index (χ0) is 14.8. The summed E-state index contributed by atoms with van der Waals surface area (Å²) >= 11 is 0. The zero-order valence-corrected chi connectivity index (χ0v) is 13.0. The summed E-state index contributed by atoms with van der Waals surface area (Å²) in [6.45, 7) is 5.03. The van der Waals surface area contributed by atoms with Crippen molar-refractivity contribution >= 4 is 0 Å². The van der Waals surface area contributed by atoms with E-state index in [1.54, 1.807) is 0 Å². The first kappa shape index (κ1) is 14.1. The highest BCUT2D eigenvalue weighted by molar-refractivity contribution is 5.35. The molecule has 1 N–H and O–H groups in total. The Balaban J connectivity index is 1.91. The Morgan fingerprint density at radius 3 is 2.86 bits per heavy atom. The largest absolute Gasteiger partial charge is 0.490 e. The van der Waals surface area contributed by atoms with Gasteiger partial charge in [0.25, 0.3) is 0 Å². The van der Waals surface area contributed by atoms with E-state index in [0.29, 0.717) is 6.10 Å². The van der Waals surface area contributed by atoms with E-state index >= 15 is 0 Å². The second-order valence-electron chi connectivity index (χ2n) is 5.64. The molecule has 0 bridgehead atoms. The summed E-state index contributed by atoms with van der Waals surface area (Å²) in [6, 6.07) is 10.7. The van der Waals surface area contributed by atoms with Crippen molar-refractivity contribution in [3.63, 3.8) is 0 Å². The molecule has 1 fully saturated rings. The number of hydrogen-bond donors (Lipinski definition) is 1. The maximum absolute atomic E-state index is 5.91. The molecule has 0 aliphatic heterocycles. The van der Waals surface area contributed by atoms with Gasteiger partial charge in [-0.05, 0) is 57.5 Å². The van der Waals surface area contributed by atoms with Crippen molar-refractivity contribution in [3.05, 3.63) is 47.3 Å². The van der Waals surface area contributed by atoms with Crippen LogP contribution in [-0.4, -0.2) is 22.9 Å². The van der Waals surface area contributed by atoms with Crippen LogP contribution in [-0.2, 0) is 6.54 Å². The molecule has 0 saturated heterocycles. The Bertz CT molecular complexity index is 616. The van der Waals surface area contributed by atoms with Gasteiger partial charge in [0.15, 0.2) is 0 Å². The van der Waals surface area contributed by atoms with E-state index in [0.717, 1.165) is 18.0 Å². The minimum Gasteiger partial charge on any atom is -0.490 e. The Kier molecular flexibility index (Phi) is 3.97. The molecule has 1 aromatic heterocycles. The lowest BCUT2D eigenvalue weighted by molar-refractivity contribution is 0.302. The third-order valence-electron chi connectivity index (χ3n) is 3.84. The number of ether oxygens (including phenoxy) is 1. The van der Waals surface area contributed by atoms with E-state index in [1.165, 1.54) is 24.1 Å². The number of nitrogens with one attached hydrogen (secondary N) is 1. The molecule has 1 aliphatic carbocycles. The van der Waals surface area contributed by atoms with Gasteiger partial charge in [0.2, 0.25) is 0 Å². The van der Waals surface area contributed by atoms with E-state index in [9.17, 15) is 0 Å². The van der Waals surface area contributed by atoms with E-state index < -0.39 is 0 Å². The lowest BCUT2D eigenvalue weighted by atomic mass is 10.0. The highest BCUT2D eigenvalue weighted by Gasteiger charge is 2.24. The van der Waals surface area contributed by atoms with Gasteiger partial charge in [0.05, 0.1) is 23.5 Å². The molecule has 0 spiro atoms. The summed E-state index contributed by atoms with van der Waals surface area (Å²) in [4.78, 5) is 0. The van der Waals surface area contributed by atoms with Crippen LogP contribution < -0.4 is 10.1 Å². The average Bonchev–Trinajstić information content (AvgIpc) is 3.21. The maximum Gasteiger partial charge on any atom is 0.120 e. The Morgan fingerprint density at radius 1 is 1.38 bits per heavy atom. The monoisotopic (exact) mass is 285 g/mol. The van der Waals surface area contributed by atoms with E-state index in [1.807, 2.05) is 20.0 Å². The lowest BCUT2D eigenvalue weighted by Crippen LogP contribution is -2.21. The molecule has 4 nitrogen and oxygen atoms in total. The standard InChI is InChI=1S/C17H23N3O/c1-4-20-16(10-12(2)19-20)17(18-3)13-6-5-7-15(11-13)21-14-8-9-14/h5-7,10-11,14,17-18H,4,8-9H2,1-3H3. The predicted octanol–water partition coefficient (Wildman–Crippen LogP) is 3.06. The highest BCUT2D eigenvalue weighted by atomic mass is 16.5.